The van der Waals surface area contributed by atoms with Crippen molar-refractivity contribution in [2.24, 2.45) is 5.92 Å². The van der Waals surface area contributed by atoms with Gasteiger partial charge in [0.1, 0.15) is 0 Å². The first-order chi connectivity index (χ1) is 9.47. The molecule has 1 aliphatic heterocycles. The Hall–Kier alpha value is -2.08. The molecule has 0 spiro atoms. The Kier molecular flexibility index (Phi) is 4.24. The molecule has 1 heterocycles. The minimum atomic E-state index is -1.17. The van der Waals surface area contributed by atoms with Crippen LogP contribution in [0.4, 0.5) is 5.69 Å². The Morgan fingerprint density at radius 1 is 1.40 bits per heavy atom. The van der Waals surface area contributed by atoms with Crippen LogP contribution in [0.2, 0.25) is 5.02 Å². The highest BCUT2D eigenvalue weighted by atomic mass is 35.5. The van der Waals surface area contributed by atoms with E-state index in [0.29, 0.717) is 12.8 Å². The van der Waals surface area contributed by atoms with E-state index in [1.54, 1.807) is 0 Å². The van der Waals surface area contributed by atoms with Crippen LogP contribution in [0.5, 0.6) is 0 Å². The smallest absolute Gasteiger partial charge is 0.337 e. The topological polar surface area (TPSA) is 95.5 Å². The van der Waals surface area contributed by atoms with E-state index in [1.165, 1.54) is 18.2 Å². The van der Waals surface area contributed by atoms with Crippen LogP contribution in [0, 0.1) is 5.92 Å². The van der Waals surface area contributed by atoms with Gasteiger partial charge in [0, 0.05) is 18.0 Å². The summed E-state index contributed by atoms with van der Waals surface area (Å²) in [5.41, 5.74) is 0.134. The summed E-state index contributed by atoms with van der Waals surface area (Å²) in [5.74, 6) is -1.91. The van der Waals surface area contributed by atoms with Gasteiger partial charge in [-0.3, -0.25) is 9.59 Å². The fraction of sp³-hybridized carbons (Fsp3) is 0.308. The lowest BCUT2D eigenvalue weighted by molar-refractivity contribution is -0.126. The van der Waals surface area contributed by atoms with Gasteiger partial charge in [0.25, 0.3) is 0 Å². The van der Waals surface area contributed by atoms with Crippen molar-refractivity contribution >= 4 is 35.1 Å². The molecule has 1 aliphatic rings. The first-order valence-electron chi connectivity index (χ1n) is 6.08. The van der Waals surface area contributed by atoms with Gasteiger partial charge in [0.2, 0.25) is 11.8 Å². The Morgan fingerprint density at radius 3 is 2.75 bits per heavy atom. The van der Waals surface area contributed by atoms with E-state index in [2.05, 4.69) is 10.6 Å². The second-order valence-electron chi connectivity index (χ2n) is 4.52. The van der Waals surface area contributed by atoms with Gasteiger partial charge < -0.3 is 15.7 Å². The van der Waals surface area contributed by atoms with Gasteiger partial charge in [-0.1, -0.05) is 11.6 Å². The molecule has 0 bridgehead atoms. The number of anilines is 1. The third-order valence-corrected chi connectivity index (χ3v) is 3.34. The van der Waals surface area contributed by atoms with Crippen LogP contribution in [-0.4, -0.2) is 29.4 Å². The molecule has 0 aliphatic carbocycles. The van der Waals surface area contributed by atoms with Gasteiger partial charge in [-0.05, 0) is 24.6 Å². The molecule has 1 unspecified atom stereocenters. The fourth-order valence-electron chi connectivity index (χ4n) is 1.99. The summed E-state index contributed by atoms with van der Waals surface area (Å²) in [6, 6.07) is 4.24. The molecule has 1 atom stereocenters. The molecule has 20 heavy (non-hydrogen) atoms. The molecule has 2 rings (SSSR count). The van der Waals surface area contributed by atoms with Crippen LogP contribution >= 0.6 is 11.6 Å². The molecule has 6 nitrogen and oxygen atoms in total. The van der Waals surface area contributed by atoms with Crippen LogP contribution in [0.1, 0.15) is 23.2 Å². The second-order valence-corrected chi connectivity index (χ2v) is 4.96. The molecule has 0 radical (unpaired) electrons. The zero-order valence-corrected chi connectivity index (χ0v) is 11.2. The zero-order chi connectivity index (χ0) is 14.7. The summed E-state index contributed by atoms with van der Waals surface area (Å²) < 4.78 is 0. The molecule has 1 aromatic carbocycles. The van der Waals surface area contributed by atoms with Crippen molar-refractivity contribution in [2.45, 2.75) is 12.8 Å². The number of aromatic carboxylic acids is 1. The van der Waals surface area contributed by atoms with Crippen molar-refractivity contribution in [3.8, 4) is 0 Å². The summed E-state index contributed by atoms with van der Waals surface area (Å²) in [4.78, 5) is 34.2. The van der Waals surface area contributed by atoms with Crippen molar-refractivity contribution in [3.05, 3.63) is 28.8 Å². The first kappa shape index (κ1) is 14.3. The SMILES string of the molecule is O=C1CCC(C(=O)Nc2ccc(Cl)cc2C(=O)O)CN1. The lowest BCUT2D eigenvalue weighted by Gasteiger charge is -2.22. The van der Waals surface area contributed by atoms with Crippen LogP contribution in [0.15, 0.2) is 18.2 Å². The number of hydrogen-bond acceptors (Lipinski definition) is 3. The number of piperidine rings is 1. The Balaban J connectivity index is 2.11. The summed E-state index contributed by atoms with van der Waals surface area (Å²) in [6.07, 6.45) is 0.748. The van der Waals surface area contributed by atoms with Crippen molar-refractivity contribution in [1.82, 2.24) is 5.32 Å². The number of halogens is 1. The first-order valence-corrected chi connectivity index (χ1v) is 6.45. The number of hydrogen-bond donors (Lipinski definition) is 3. The summed E-state index contributed by atoms with van der Waals surface area (Å²) in [5, 5.41) is 14.5. The van der Waals surface area contributed by atoms with Crippen molar-refractivity contribution in [3.63, 3.8) is 0 Å². The number of carboxylic acid groups (broad SMARTS) is 1. The molecule has 1 aromatic rings. The Bertz CT molecular complexity index is 563. The minimum absolute atomic E-state index is 0.0642. The highest BCUT2D eigenvalue weighted by Gasteiger charge is 2.25. The van der Waals surface area contributed by atoms with Gasteiger partial charge in [0.05, 0.1) is 17.2 Å². The van der Waals surface area contributed by atoms with E-state index in [-0.39, 0.29) is 40.6 Å². The summed E-state index contributed by atoms with van der Waals surface area (Å²) in [6.45, 7) is 0.265. The number of rotatable bonds is 3. The maximum absolute atomic E-state index is 12.0. The van der Waals surface area contributed by atoms with E-state index in [1.807, 2.05) is 0 Å². The molecule has 7 heteroatoms. The van der Waals surface area contributed by atoms with Gasteiger partial charge in [-0.15, -0.1) is 0 Å². The number of carboxylic acids is 1. The number of nitrogens with one attached hydrogen (secondary N) is 2. The van der Waals surface area contributed by atoms with E-state index in [4.69, 9.17) is 16.7 Å². The quantitative estimate of drug-likeness (QED) is 0.787. The van der Waals surface area contributed by atoms with Crippen LogP contribution in [0.25, 0.3) is 0 Å². The standard InChI is InChI=1S/C13H13ClN2O4/c14-8-2-3-10(9(5-8)13(19)20)16-12(18)7-1-4-11(17)15-6-7/h2-3,5,7H,1,4,6H2,(H,15,17)(H,16,18)(H,19,20). The minimum Gasteiger partial charge on any atom is -0.478 e. The monoisotopic (exact) mass is 296 g/mol. The van der Waals surface area contributed by atoms with E-state index >= 15 is 0 Å². The molecule has 106 valence electrons. The number of benzene rings is 1. The molecule has 2 amide bonds. The van der Waals surface area contributed by atoms with E-state index < -0.39 is 5.97 Å². The maximum atomic E-state index is 12.0. The predicted molar refractivity (Wildman–Crippen MR) is 72.8 cm³/mol. The van der Waals surface area contributed by atoms with Gasteiger partial charge in [0.15, 0.2) is 0 Å². The largest absolute Gasteiger partial charge is 0.478 e. The van der Waals surface area contributed by atoms with Crippen LogP contribution in [0.3, 0.4) is 0 Å². The van der Waals surface area contributed by atoms with Crippen LogP contribution in [-0.2, 0) is 9.59 Å². The number of carbonyl (C=O) groups is 3. The number of carbonyl (C=O) groups excluding carboxylic acids is 2. The van der Waals surface area contributed by atoms with Gasteiger partial charge in [-0.2, -0.15) is 0 Å². The van der Waals surface area contributed by atoms with Crippen molar-refractivity contribution in [2.75, 3.05) is 11.9 Å². The third-order valence-electron chi connectivity index (χ3n) is 3.11. The molecular weight excluding hydrogens is 284 g/mol. The average Bonchev–Trinajstić information content (AvgIpc) is 2.41. The highest BCUT2D eigenvalue weighted by molar-refractivity contribution is 6.31. The van der Waals surface area contributed by atoms with Crippen molar-refractivity contribution < 1.29 is 19.5 Å². The Labute approximate surface area is 120 Å². The Morgan fingerprint density at radius 2 is 2.15 bits per heavy atom. The van der Waals surface area contributed by atoms with Gasteiger partial charge in [-0.25, -0.2) is 4.79 Å². The highest BCUT2D eigenvalue weighted by Crippen LogP contribution is 2.22. The molecule has 3 N–H and O–H groups in total. The molecule has 1 fully saturated rings. The predicted octanol–water partition coefficient (Wildman–Crippen LogP) is 1.50. The normalized spacial score (nSPS) is 18.2. The third kappa shape index (κ3) is 3.27. The fourth-order valence-corrected chi connectivity index (χ4v) is 2.17. The lowest BCUT2D eigenvalue weighted by atomic mass is 9.98. The maximum Gasteiger partial charge on any atom is 0.337 e. The van der Waals surface area contributed by atoms with Crippen molar-refractivity contribution in [1.29, 1.82) is 0 Å². The zero-order valence-electron chi connectivity index (χ0n) is 10.5. The average molecular weight is 297 g/mol. The van der Waals surface area contributed by atoms with Crippen LogP contribution < -0.4 is 10.6 Å². The molecule has 0 saturated carbocycles. The summed E-state index contributed by atoms with van der Waals surface area (Å²) in [7, 11) is 0. The molecular formula is C13H13ClN2O4. The number of amides is 2. The molecule has 1 saturated heterocycles. The molecule has 0 aromatic heterocycles. The second kappa shape index (κ2) is 5.92. The van der Waals surface area contributed by atoms with E-state index in [0.717, 1.165) is 0 Å². The van der Waals surface area contributed by atoms with Gasteiger partial charge >= 0.3 is 5.97 Å². The lowest BCUT2D eigenvalue weighted by Crippen LogP contribution is -2.40. The summed E-state index contributed by atoms with van der Waals surface area (Å²) >= 11 is 5.74. The van der Waals surface area contributed by atoms with E-state index in [9.17, 15) is 14.4 Å².